The van der Waals surface area contributed by atoms with Gasteiger partial charge in [-0.3, -0.25) is 9.59 Å². The Hall–Kier alpha value is -1.98. The van der Waals surface area contributed by atoms with E-state index in [2.05, 4.69) is 9.84 Å². The minimum absolute atomic E-state index is 0.00673. The SMILES string of the molecule is O=CC(=O)Oc1ccc(=O)[nH]n1. The van der Waals surface area contributed by atoms with E-state index in [1.165, 1.54) is 6.07 Å². The van der Waals surface area contributed by atoms with Crippen LogP contribution in [0.2, 0.25) is 0 Å². The molecule has 1 rings (SSSR count). The molecule has 6 heteroatoms. The van der Waals surface area contributed by atoms with Crippen molar-refractivity contribution in [3.05, 3.63) is 22.5 Å². The number of carbonyl (C=O) groups is 2. The Kier molecular flexibility index (Phi) is 2.32. The van der Waals surface area contributed by atoms with Gasteiger partial charge >= 0.3 is 5.97 Å². The lowest BCUT2D eigenvalue weighted by molar-refractivity contribution is -0.141. The summed E-state index contributed by atoms with van der Waals surface area (Å²) < 4.78 is 4.33. The van der Waals surface area contributed by atoms with E-state index in [0.29, 0.717) is 0 Å². The topological polar surface area (TPSA) is 89.1 Å². The zero-order chi connectivity index (χ0) is 8.97. The Labute approximate surface area is 66.2 Å². The summed E-state index contributed by atoms with van der Waals surface area (Å²) >= 11 is 0. The van der Waals surface area contributed by atoms with Crippen molar-refractivity contribution in [1.82, 2.24) is 10.2 Å². The van der Waals surface area contributed by atoms with Gasteiger partial charge in [0.2, 0.25) is 12.2 Å². The predicted molar refractivity (Wildman–Crippen MR) is 36.6 cm³/mol. The lowest BCUT2D eigenvalue weighted by Gasteiger charge is -1.94. The minimum atomic E-state index is -1.06. The zero-order valence-corrected chi connectivity index (χ0v) is 5.81. The number of hydrogen-bond acceptors (Lipinski definition) is 5. The number of hydrogen-bond donors (Lipinski definition) is 1. The number of aromatic nitrogens is 2. The second-order valence-corrected chi connectivity index (χ2v) is 1.80. The van der Waals surface area contributed by atoms with Crippen LogP contribution in [0, 0.1) is 0 Å². The van der Waals surface area contributed by atoms with Crippen molar-refractivity contribution in [2.75, 3.05) is 0 Å². The van der Waals surface area contributed by atoms with Gasteiger partial charge in [0.05, 0.1) is 0 Å². The summed E-state index contributed by atoms with van der Waals surface area (Å²) in [5, 5.41) is 5.36. The Morgan fingerprint density at radius 3 is 2.83 bits per heavy atom. The molecule has 1 N–H and O–H groups in total. The molecule has 0 radical (unpaired) electrons. The molecule has 0 spiro atoms. The third kappa shape index (κ3) is 2.01. The molecule has 0 saturated heterocycles. The fourth-order valence-electron chi connectivity index (χ4n) is 0.516. The molecule has 0 saturated carbocycles. The van der Waals surface area contributed by atoms with E-state index in [0.717, 1.165) is 6.07 Å². The third-order valence-corrected chi connectivity index (χ3v) is 0.955. The molecule has 1 aromatic heterocycles. The van der Waals surface area contributed by atoms with Gasteiger partial charge in [0, 0.05) is 12.1 Å². The molecular weight excluding hydrogens is 164 g/mol. The predicted octanol–water partition coefficient (Wildman–Crippen LogP) is -1.13. The minimum Gasteiger partial charge on any atom is -0.400 e. The van der Waals surface area contributed by atoms with E-state index in [4.69, 9.17) is 0 Å². The maximum Gasteiger partial charge on any atom is 0.378 e. The standard InChI is InChI=1S/C6H4N2O4/c9-3-6(11)12-5-2-1-4(10)7-8-5/h1-3H,(H,7,10). The van der Waals surface area contributed by atoms with Gasteiger partial charge in [-0.2, -0.15) is 0 Å². The van der Waals surface area contributed by atoms with Crippen molar-refractivity contribution in [2.24, 2.45) is 0 Å². The molecule has 1 aromatic rings. The van der Waals surface area contributed by atoms with Crippen LogP contribution in [0.3, 0.4) is 0 Å². The Morgan fingerprint density at radius 2 is 2.33 bits per heavy atom. The van der Waals surface area contributed by atoms with E-state index in [1.807, 2.05) is 5.10 Å². The molecule has 0 amide bonds. The van der Waals surface area contributed by atoms with E-state index < -0.39 is 11.5 Å². The number of rotatable bonds is 2. The number of H-pyrrole nitrogens is 1. The Balaban J connectivity index is 2.77. The molecule has 1 heterocycles. The second-order valence-electron chi connectivity index (χ2n) is 1.80. The third-order valence-electron chi connectivity index (χ3n) is 0.955. The van der Waals surface area contributed by atoms with Gasteiger partial charge in [0.15, 0.2) is 0 Å². The first kappa shape index (κ1) is 8.12. The Bertz CT molecular complexity index is 336. The van der Waals surface area contributed by atoms with E-state index >= 15 is 0 Å². The van der Waals surface area contributed by atoms with Crippen LogP contribution in [0.4, 0.5) is 0 Å². The number of nitrogens with zero attached hydrogens (tertiary/aromatic N) is 1. The Morgan fingerprint density at radius 1 is 1.58 bits per heavy atom. The number of aromatic amines is 1. The van der Waals surface area contributed by atoms with Crippen LogP contribution in [0.25, 0.3) is 0 Å². The molecular formula is C6H4N2O4. The summed E-state index contributed by atoms with van der Waals surface area (Å²) in [7, 11) is 0. The van der Waals surface area contributed by atoms with Crippen molar-refractivity contribution < 1.29 is 14.3 Å². The van der Waals surface area contributed by atoms with Crippen molar-refractivity contribution in [3.63, 3.8) is 0 Å². The summed E-state index contributed by atoms with van der Waals surface area (Å²) in [6.45, 7) is 0. The lowest BCUT2D eigenvalue weighted by Crippen LogP contribution is -2.12. The molecule has 6 nitrogen and oxygen atoms in total. The number of ether oxygens (including phenoxy) is 1. The highest BCUT2D eigenvalue weighted by Crippen LogP contribution is 1.98. The van der Waals surface area contributed by atoms with E-state index in [1.54, 1.807) is 0 Å². The molecule has 0 atom stereocenters. The smallest absolute Gasteiger partial charge is 0.378 e. The average molecular weight is 168 g/mol. The highest BCUT2D eigenvalue weighted by Gasteiger charge is 2.02. The number of carbonyl (C=O) groups excluding carboxylic acids is 2. The normalized spacial score (nSPS) is 9.00. The fraction of sp³-hybridized carbons (Fsp3) is 0. The lowest BCUT2D eigenvalue weighted by atomic mass is 10.5. The summed E-state index contributed by atoms with van der Waals surface area (Å²) in [5.74, 6) is -1.18. The van der Waals surface area contributed by atoms with Gasteiger partial charge in [-0.25, -0.2) is 9.89 Å². The summed E-state index contributed by atoms with van der Waals surface area (Å²) in [5.41, 5.74) is -0.416. The van der Waals surface area contributed by atoms with Gasteiger partial charge in [0.1, 0.15) is 0 Å². The molecule has 0 bridgehead atoms. The molecule has 0 fully saturated rings. The summed E-state index contributed by atoms with van der Waals surface area (Å²) in [4.78, 5) is 30.6. The highest BCUT2D eigenvalue weighted by molar-refractivity contribution is 6.21. The van der Waals surface area contributed by atoms with Gasteiger partial charge in [-0.15, -0.1) is 5.10 Å². The monoisotopic (exact) mass is 168 g/mol. The first-order valence-electron chi connectivity index (χ1n) is 2.95. The molecule has 0 aromatic carbocycles. The first-order chi connectivity index (χ1) is 5.72. The van der Waals surface area contributed by atoms with Gasteiger partial charge in [-0.05, 0) is 0 Å². The molecule has 0 aliphatic carbocycles. The van der Waals surface area contributed by atoms with Gasteiger partial charge in [-0.1, -0.05) is 0 Å². The highest BCUT2D eigenvalue weighted by atomic mass is 16.5. The van der Waals surface area contributed by atoms with E-state index in [9.17, 15) is 14.4 Å². The fourth-order valence-corrected chi connectivity index (χ4v) is 0.516. The van der Waals surface area contributed by atoms with Crippen LogP contribution in [-0.4, -0.2) is 22.5 Å². The van der Waals surface area contributed by atoms with Crippen molar-refractivity contribution in [3.8, 4) is 5.88 Å². The zero-order valence-electron chi connectivity index (χ0n) is 5.81. The van der Waals surface area contributed by atoms with Crippen molar-refractivity contribution in [2.45, 2.75) is 0 Å². The molecule has 62 valence electrons. The van der Waals surface area contributed by atoms with Crippen LogP contribution in [-0.2, 0) is 9.59 Å². The van der Waals surface area contributed by atoms with Crippen LogP contribution < -0.4 is 10.3 Å². The summed E-state index contributed by atoms with van der Waals surface area (Å²) in [6, 6.07) is 2.31. The van der Waals surface area contributed by atoms with Crippen LogP contribution >= 0.6 is 0 Å². The van der Waals surface area contributed by atoms with Crippen LogP contribution in [0.5, 0.6) is 5.88 Å². The quantitative estimate of drug-likeness (QED) is 0.343. The summed E-state index contributed by atoms with van der Waals surface area (Å²) in [6.07, 6.45) is 0.00673. The molecule has 0 aliphatic rings. The van der Waals surface area contributed by atoms with Gasteiger partial charge in [0.25, 0.3) is 5.56 Å². The number of esters is 1. The largest absolute Gasteiger partial charge is 0.400 e. The second kappa shape index (κ2) is 3.42. The average Bonchev–Trinajstić information content (AvgIpc) is 2.09. The molecule has 0 unspecified atom stereocenters. The first-order valence-corrected chi connectivity index (χ1v) is 2.95. The molecule has 0 aliphatic heterocycles. The van der Waals surface area contributed by atoms with Crippen LogP contribution in [0.1, 0.15) is 0 Å². The van der Waals surface area contributed by atoms with Crippen LogP contribution in [0.15, 0.2) is 16.9 Å². The van der Waals surface area contributed by atoms with E-state index in [-0.39, 0.29) is 12.2 Å². The maximum absolute atomic E-state index is 10.4. The van der Waals surface area contributed by atoms with Crippen molar-refractivity contribution in [1.29, 1.82) is 0 Å². The number of nitrogens with one attached hydrogen (secondary N) is 1. The maximum atomic E-state index is 10.4. The van der Waals surface area contributed by atoms with Crippen molar-refractivity contribution >= 4 is 12.3 Å². The molecule has 12 heavy (non-hydrogen) atoms. The van der Waals surface area contributed by atoms with Gasteiger partial charge < -0.3 is 4.74 Å². The number of aldehydes is 1.